The third kappa shape index (κ3) is 3.09. The molecule has 178 valence electrons. The van der Waals surface area contributed by atoms with Crippen molar-refractivity contribution in [2.75, 3.05) is 4.90 Å². The van der Waals surface area contributed by atoms with Crippen molar-refractivity contribution in [3.63, 3.8) is 0 Å². The number of thiophene rings is 1. The Morgan fingerprint density at radius 2 is 1.24 bits per heavy atom. The topological polar surface area (TPSA) is 67.2 Å². The molecule has 0 saturated heterocycles. The number of hydrogen-bond acceptors (Lipinski definition) is 7. The fraction of sp³-hybridized carbons (Fsp3) is 0. The van der Waals surface area contributed by atoms with Gasteiger partial charge in [0.25, 0.3) is 0 Å². The van der Waals surface area contributed by atoms with Crippen molar-refractivity contribution in [1.82, 2.24) is 19.9 Å². The molecule has 0 spiro atoms. The first-order valence-corrected chi connectivity index (χ1v) is 13.1. The number of fused-ring (bicyclic) bond motifs is 2. The molecule has 4 heterocycles. The molecule has 7 aromatic rings. The SMILES string of the molecule is C1=Nc2cccc3cccc(c23)N1c1ccc(-c2c3nccnc3c(-c3ccccc3)c3nccnc23)s1. The normalized spacial score (nSPS) is 12.6. The van der Waals surface area contributed by atoms with Crippen LogP contribution in [0.5, 0.6) is 0 Å². The molecule has 0 aliphatic carbocycles. The molecule has 0 atom stereocenters. The zero-order valence-corrected chi connectivity index (χ0v) is 20.8. The summed E-state index contributed by atoms with van der Waals surface area (Å²) in [6.07, 6.45) is 8.87. The average Bonchev–Trinajstić information content (AvgIpc) is 3.46. The van der Waals surface area contributed by atoms with E-state index in [2.05, 4.69) is 65.6 Å². The van der Waals surface area contributed by atoms with Crippen LogP contribution in [0.25, 0.3) is 54.4 Å². The van der Waals surface area contributed by atoms with Crippen molar-refractivity contribution in [3.8, 4) is 21.6 Å². The van der Waals surface area contributed by atoms with Crippen LogP contribution in [-0.4, -0.2) is 26.3 Å². The summed E-state index contributed by atoms with van der Waals surface area (Å²) in [6, 6.07) is 27.1. The van der Waals surface area contributed by atoms with E-state index in [1.807, 2.05) is 24.5 Å². The van der Waals surface area contributed by atoms with Crippen molar-refractivity contribution in [2.45, 2.75) is 0 Å². The number of aromatic nitrogens is 4. The quantitative estimate of drug-likeness (QED) is 0.228. The molecule has 8 rings (SSSR count). The summed E-state index contributed by atoms with van der Waals surface area (Å²) in [5.74, 6) is 0. The average molecular weight is 507 g/mol. The van der Waals surface area contributed by atoms with Gasteiger partial charge in [0, 0.05) is 46.2 Å². The lowest BCUT2D eigenvalue weighted by atomic mass is 9.97. The highest BCUT2D eigenvalue weighted by Crippen LogP contribution is 2.46. The highest BCUT2D eigenvalue weighted by molar-refractivity contribution is 7.19. The molecule has 38 heavy (non-hydrogen) atoms. The second-order valence-electron chi connectivity index (χ2n) is 9.03. The van der Waals surface area contributed by atoms with E-state index in [1.165, 1.54) is 5.39 Å². The number of aliphatic imine (C=N–C) groups is 1. The lowest BCUT2D eigenvalue weighted by Gasteiger charge is -2.24. The van der Waals surface area contributed by atoms with E-state index >= 15 is 0 Å². The van der Waals surface area contributed by atoms with Crippen molar-refractivity contribution in [1.29, 1.82) is 0 Å². The minimum atomic E-state index is 0.813. The van der Waals surface area contributed by atoms with Gasteiger partial charge < -0.3 is 0 Å². The van der Waals surface area contributed by atoms with Crippen LogP contribution >= 0.6 is 11.3 Å². The zero-order valence-electron chi connectivity index (χ0n) is 20.0. The summed E-state index contributed by atoms with van der Waals surface area (Å²) < 4.78 is 0. The van der Waals surface area contributed by atoms with Gasteiger partial charge in [0.1, 0.15) is 22.4 Å². The van der Waals surface area contributed by atoms with Crippen LogP contribution in [0.15, 0.2) is 109 Å². The Morgan fingerprint density at radius 1 is 0.579 bits per heavy atom. The van der Waals surface area contributed by atoms with Crippen LogP contribution in [0, 0.1) is 0 Å². The lowest BCUT2D eigenvalue weighted by Crippen LogP contribution is -2.15. The van der Waals surface area contributed by atoms with E-state index in [0.717, 1.165) is 65.4 Å². The monoisotopic (exact) mass is 506 g/mol. The molecule has 1 aliphatic rings. The van der Waals surface area contributed by atoms with Crippen LogP contribution in [-0.2, 0) is 0 Å². The van der Waals surface area contributed by atoms with Gasteiger partial charge in [-0.15, -0.1) is 11.3 Å². The Labute approximate surface area is 221 Å². The number of nitrogens with zero attached hydrogens (tertiary/aromatic N) is 6. The second kappa shape index (κ2) is 8.26. The van der Waals surface area contributed by atoms with Crippen molar-refractivity contribution in [2.24, 2.45) is 4.99 Å². The van der Waals surface area contributed by atoms with Gasteiger partial charge in [-0.2, -0.15) is 0 Å². The largest absolute Gasteiger partial charge is 0.291 e. The van der Waals surface area contributed by atoms with Crippen LogP contribution in [0.3, 0.4) is 0 Å². The van der Waals surface area contributed by atoms with Gasteiger partial charge in [-0.1, -0.05) is 54.6 Å². The number of benzene rings is 4. The third-order valence-corrected chi connectivity index (χ3v) is 8.02. The summed E-state index contributed by atoms with van der Waals surface area (Å²) >= 11 is 1.68. The molecule has 6 nitrogen and oxygen atoms in total. The predicted molar refractivity (Wildman–Crippen MR) is 156 cm³/mol. The highest BCUT2D eigenvalue weighted by atomic mass is 32.1. The minimum Gasteiger partial charge on any atom is -0.291 e. The van der Waals surface area contributed by atoms with E-state index in [1.54, 1.807) is 36.1 Å². The molecule has 0 amide bonds. The molecule has 0 unspecified atom stereocenters. The molecule has 4 aromatic carbocycles. The van der Waals surface area contributed by atoms with Gasteiger partial charge in [0.2, 0.25) is 0 Å². The summed E-state index contributed by atoms with van der Waals surface area (Å²) in [6.45, 7) is 0. The standard InChI is InChI=1S/C31H18N6S/c1-2-6-20(7-3-1)26-28-30(34-16-14-32-28)27(31-29(26)33-15-17-35-31)23-12-13-24(38-23)37-18-36-21-10-4-8-19-9-5-11-22(37)25(19)21/h1-18H. The zero-order chi connectivity index (χ0) is 25.1. The van der Waals surface area contributed by atoms with E-state index in [4.69, 9.17) is 24.9 Å². The van der Waals surface area contributed by atoms with Crippen molar-refractivity contribution in [3.05, 3.63) is 104 Å². The Kier molecular flexibility index (Phi) is 4.59. The molecule has 0 bridgehead atoms. The summed E-state index contributed by atoms with van der Waals surface area (Å²) in [5.41, 5.74) is 8.30. The van der Waals surface area contributed by atoms with E-state index < -0.39 is 0 Å². The lowest BCUT2D eigenvalue weighted by molar-refractivity contribution is 1.27. The fourth-order valence-electron chi connectivity index (χ4n) is 5.30. The smallest absolute Gasteiger partial charge is 0.101 e. The van der Waals surface area contributed by atoms with E-state index in [9.17, 15) is 0 Å². The van der Waals surface area contributed by atoms with Gasteiger partial charge in [-0.3, -0.25) is 24.8 Å². The van der Waals surface area contributed by atoms with E-state index in [0.29, 0.717) is 0 Å². The highest BCUT2D eigenvalue weighted by Gasteiger charge is 2.23. The maximum Gasteiger partial charge on any atom is 0.101 e. The predicted octanol–water partition coefficient (Wildman–Crippen LogP) is 7.93. The Morgan fingerprint density at radius 3 is 1.95 bits per heavy atom. The van der Waals surface area contributed by atoms with Gasteiger partial charge in [-0.25, -0.2) is 4.99 Å². The molecule has 0 N–H and O–H groups in total. The third-order valence-electron chi connectivity index (χ3n) is 6.91. The first-order valence-electron chi connectivity index (χ1n) is 12.2. The second-order valence-corrected chi connectivity index (χ2v) is 10.1. The maximum absolute atomic E-state index is 4.81. The molecular formula is C31H18N6S. The minimum absolute atomic E-state index is 0.813. The Hall–Kier alpha value is -5.01. The summed E-state index contributed by atoms with van der Waals surface area (Å²) in [5, 5.41) is 3.40. The summed E-state index contributed by atoms with van der Waals surface area (Å²) in [4.78, 5) is 27.2. The molecule has 0 fully saturated rings. The molecule has 0 radical (unpaired) electrons. The maximum atomic E-state index is 4.81. The fourth-order valence-corrected chi connectivity index (χ4v) is 6.34. The first kappa shape index (κ1) is 21.1. The Balaban J connectivity index is 1.36. The van der Waals surface area contributed by atoms with Gasteiger partial charge >= 0.3 is 0 Å². The van der Waals surface area contributed by atoms with Gasteiger partial charge in [0.15, 0.2) is 0 Å². The van der Waals surface area contributed by atoms with Crippen molar-refractivity contribution < 1.29 is 0 Å². The molecule has 3 aromatic heterocycles. The number of rotatable bonds is 3. The summed E-state index contributed by atoms with van der Waals surface area (Å²) in [7, 11) is 0. The molecule has 0 saturated carbocycles. The van der Waals surface area contributed by atoms with Crippen molar-refractivity contribution >= 4 is 66.9 Å². The number of hydrogen-bond donors (Lipinski definition) is 0. The van der Waals surface area contributed by atoms with Gasteiger partial charge in [0.05, 0.1) is 22.4 Å². The van der Waals surface area contributed by atoms with Crippen LogP contribution in [0.4, 0.5) is 16.4 Å². The first-order chi connectivity index (χ1) is 18.9. The van der Waals surface area contributed by atoms with Gasteiger partial charge in [-0.05, 0) is 35.2 Å². The van der Waals surface area contributed by atoms with Crippen LogP contribution in [0.2, 0.25) is 0 Å². The molecule has 1 aliphatic heterocycles. The van der Waals surface area contributed by atoms with E-state index in [-0.39, 0.29) is 0 Å². The van der Waals surface area contributed by atoms with Crippen LogP contribution in [0.1, 0.15) is 0 Å². The molecule has 7 heteroatoms. The van der Waals surface area contributed by atoms with Crippen LogP contribution < -0.4 is 4.90 Å². The number of anilines is 2. The molecular weight excluding hydrogens is 488 g/mol. The Bertz CT molecular complexity index is 1990.